The summed E-state index contributed by atoms with van der Waals surface area (Å²) < 4.78 is 0. The lowest BCUT2D eigenvalue weighted by atomic mass is 9.95. The third kappa shape index (κ3) is 2.17. The first kappa shape index (κ1) is 14.3. The van der Waals surface area contributed by atoms with Crippen LogP contribution in [0.4, 0.5) is 5.69 Å². The average molecular weight is 295 g/mol. The largest absolute Gasteiger partial charge is 0.506 e. The predicted molar refractivity (Wildman–Crippen MR) is 85.1 cm³/mol. The molecule has 0 fully saturated rings. The summed E-state index contributed by atoms with van der Waals surface area (Å²) in [5.74, 6) is -0.344. The maximum absolute atomic E-state index is 12.4. The minimum absolute atomic E-state index is 0.0409. The van der Waals surface area contributed by atoms with Crippen molar-refractivity contribution in [1.29, 1.82) is 0 Å². The number of hydrogen-bond donors (Lipinski definition) is 2. The molecule has 0 bridgehead atoms. The third-order valence-corrected chi connectivity index (χ3v) is 3.77. The highest BCUT2D eigenvalue weighted by Crippen LogP contribution is 2.41. The molecule has 1 amide bonds. The summed E-state index contributed by atoms with van der Waals surface area (Å²) in [6.07, 6.45) is 0. The van der Waals surface area contributed by atoms with Gasteiger partial charge in [0.2, 0.25) is 5.91 Å². The molecule has 2 aromatic rings. The molecule has 0 saturated heterocycles. The van der Waals surface area contributed by atoms with Gasteiger partial charge in [0.1, 0.15) is 5.75 Å². The van der Waals surface area contributed by atoms with Crippen molar-refractivity contribution in [3.8, 4) is 16.9 Å². The quantitative estimate of drug-likeness (QED) is 0.674. The normalized spacial score (nSPS) is 12.8. The lowest BCUT2D eigenvalue weighted by Crippen LogP contribution is -2.27. The topological polar surface area (TPSA) is 66.4 Å². The average Bonchev–Trinajstić information content (AvgIpc) is 2.72. The molecule has 1 aliphatic rings. The zero-order valence-corrected chi connectivity index (χ0v) is 12.7. The second-order valence-corrected chi connectivity index (χ2v) is 6.49. The minimum Gasteiger partial charge on any atom is -0.506 e. The molecule has 22 heavy (non-hydrogen) atoms. The van der Waals surface area contributed by atoms with Crippen LogP contribution in [0.3, 0.4) is 0 Å². The number of hydrogen-bond acceptors (Lipinski definition) is 3. The first-order chi connectivity index (χ1) is 10.3. The van der Waals surface area contributed by atoms with E-state index in [-0.39, 0.29) is 23.1 Å². The van der Waals surface area contributed by atoms with Gasteiger partial charge in [-0.15, -0.1) is 0 Å². The molecule has 112 valence electrons. The number of amides is 1. The summed E-state index contributed by atoms with van der Waals surface area (Å²) in [4.78, 5) is 24.5. The van der Waals surface area contributed by atoms with Crippen LogP contribution < -0.4 is 5.32 Å². The fraction of sp³-hybridized carbons (Fsp3) is 0.222. The van der Waals surface area contributed by atoms with Crippen LogP contribution in [-0.2, 0) is 4.79 Å². The Kier molecular flexibility index (Phi) is 3.06. The highest BCUT2D eigenvalue weighted by molar-refractivity contribution is 6.22. The molecule has 0 aliphatic heterocycles. The van der Waals surface area contributed by atoms with Crippen LogP contribution in [0.2, 0.25) is 0 Å². The summed E-state index contributed by atoms with van der Waals surface area (Å²) >= 11 is 0. The molecule has 0 atom stereocenters. The predicted octanol–water partition coefficient (Wildman–Crippen LogP) is 3.59. The van der Waals surface area contributed by atoms with Crippen molar-refractivity contribution in [3.63, 3.8) is 0 Å². The lowest BCUT2D eigenvalue weighted by Gasteiger charge is -2.18. The van der Waals surface area contributed by atoms with Crippen LogP contribution in [0, 0.1) is 5.41 Å². The number of fused-ring (bicyclic) bond motifs is 3. The summed E-state index contributed by atoms with van der Waals surface area (Å²) in [5.41, 5.74) is 2.32. The number of aromatic hydroxyl groups is 1. The van der Waals surface area contributed by atoms with Crippen molar-refractivity contribution < 1.29 is 14.7 Å². The molecular formula is C18H17NO3. The highest BCUT2D eigenvalue weighted by atomic mass is 16.3. The molecule has 1 aliphatic carbocycles. The number of phenolic OH excluding ortho intramolecular Hbond substituents is 1. The standard InChI is InChI=1S/C18H17NO3/c1-18(2,3)17(22)19-14-8-13-12(9-15(14)20)10-6-4-5-7-11(10)16(13)21/h4-9,20H,1-3H3,(H,19,22). The lowest BCUT2D eigenvalue weighted by molar-refractivity contribution is -0.123. The Labute approximate surface area is 128 Å². The van der Waals surface area contributed by atoms with Crippen LogP contribution >= 0.6 is 0 Å². The van der Waals surface area contributed by atoms with Crippen molar-refractivity contribution in [2.45, 2.75) is 20.8 Å². The third-order valence-electron chi connectivity index (χ3n) is 3.77. The van der Waals surface area contributed by atoms with E-state index in [1.54, 1.807) is 32.9 Å². The number of ketones is 1. The maximum Gasteiger partial charge on any atom is 0.229 e. The molecule has 4 nitrogen and oxygen atoms in total. The molecule has 2 aromatic carbocycles. The second-order valence-electron chi connectivity index (χ2n) is 6.49. The summed E-state index contributed by atoms with van der Waals surface area (Å²) in [7, 11) is 0. The van der Waals surface area contributed by atoms with E-state index < -0.39 is 5.41 Å². The Morgan fingerprint density at radius 1 is 1.00 bits per heavy atom. The number of rotatable bonds is 1. The summed E-state index contributed by atoms with van der Waals surface area (Å²) in [6.45, 7) is 5.36. The number of phenols is 1. The monoisotopic (exact) mass is 295 g/mol. The number of benzene rings is 2. The molecule has 4 heteroatoms. The van der Waals surface area contributed by atoms with Gasteiger partial charge >= 0.3 is 0 Å². The van der Waals surface area contributed by atoms with Gasteiger partial charge in [0.25, 0.3) is 0 Å². The molecule has 0 unspecified atom stereocenters. The van der Waals surface area contributed by atoms with Crippen LogP contribution in [0.25, 0.3) is 11.1 Å². The van der Waals surface area contributed by atoms with Gasteiger partial charge in [0.05, 0.1) is 5.69 Å². The Hall–Kier alpha value is -2.62. The SMILES string of the molecule is CC(C)(C)C(=O)Nc1cc2c(cc1O)-c1ccccc1C2=O. The van der Waals surface area contributed by atoms with Gasteiger partial charge in [0.15, 0.2) is 5.78 Å². The van der Waals surface area contributed by atoms with E-state index in [2.05, 4.69) is 5.32 Å². The number of anilines is 1. The van der Waals surface area contributed by atoms with Gasteiger partial charge in [0, 0.05) is 16.5 Å². The fourth-order valence-electron chi connectivity index (χ4n) is 2.47. The molecule has 2 N–H and O–H groups in total. The Morgan fingerprint density at radius 2 is 1.64 bits per heavy atom. The smallest absolute Gasteiger partial charge is 0.229 e. The molecular weight excluding hydrogens is 278 g/mol. The van der Waals surface area contributed by atoms with E-state index in [0.29, 0.717) is 16.7 Å². The Morgan fingerprint density at radius 3 is 2.27 bits per heavy atom. The van der Waals surface area contributed by atoms with Gasteiger partial charge in [-0.05, 0) is 23.3 Å². The molecule has 0 spiro atoms. The highest BCUT2D eigenvalue weighted by Gasteiger charge is 2.29. The van der Waals surface area contributed by atoms with Crippen LogP contribution in [0.15, 0.2) is 36.4 Å². The number of carbonyl (C=O) groups excluding carboxylic acids is 2. The fourth-order valence-corrected chi connectivity index (χ4v) is 2.47. The van der Waals surface area contributed by atoms with Crippen molar-refractivity contribution in [2.75, 3.05) is 5.32 Å². The molecule has 0 heterocycles. The second kappa shape index (κ2) is 4.70. The van der Waals surface area contributed by atoms with Crippen LogP contribution in [0.5, 0.6) is 5.75 Å². The molecule has 0 aromatic heterocycles. The van der Waals surface area contributed by atoms with E-state index in [0.717, 1.165) is 5.56 Å². The first-order valence-electron chi connectivity index (χ1n) is 7.11. The van der Waals surface area contributed by atoms with Gasteiger partial charge in [-0.25, -0.2) is 0 Å². The van der Waals surface area contributed by atoms with Crippen molar-refractivity contribution in [3.05, 3.63) is 47.5 Å². The molecule has 0 saturated carbocycles. The van der Waals surface area contributed by atoms with Gasteiger partial charge in [-0.2, -0.15) is 0 Å². The molecule has 3 rings (SSSR count). The van der Waals surface area contributed by atoms with E-state index in [9.17, 15) is 14.7 Å². The number of nitrogens with one attached hydrogen (secondary N) is 1. The van der Waals surface area contributed by atoms with Crippen molar-refractivity contribution >= 4 is 17.4 Å². The van der Waals surface area contributed by atoms with E-state index in [1.165, 1.54) is 6.07 Å². The van der Waals surface area contributed by atoms with E-state index in [1.807, 2.05) is 18.2 Å². The van der Waals surface area contributed by atoms with Crippen molar-refractivity contribution in [2.24, 2.45) is 5.41 Å². The maximum atomic E-state index is 12.4. The first-order valence-corrected chi connectivity index (χ1v) is 7.11. The van der Waals surface area contributed by atoms with Crippen molar-refractivity contribution in [1.82, 2.24) is 0 Å². The summed E-state index contributed by atoms with van der Waals surface area (Å²) in [6, 6.07) is 10.4. The zero-order chi connectivity index (χ0) is 16.1. The zero-order valence-electron chi connectivity index (χ0n) is 12.7. The van der Waals surface area contributed by atoms with E-state index in [4.69, 9.17) is 0 Å². The molecule has 0 radical (unpaired) electrons. The number of carbonyl (C=O) groups is 2. The van der Waals surface area contributed by atoms with Gasteiger partial charge < -0.3 is 10.4 Å². The van der Waals surface area contributed by atoms with Crippen LogP contribution in [-0.4, -0.2) is 16.8 Å². The van der Waals surface area contributed by atoms with Gasteiger partial charge in [-0.1, -0.05) is 45.0 Å². The summed E-state index contributed by atoms with van der Waals surface area (Å²) in [5, 5.41) is 12.9. The van der Waals surface area contributed by atoms with Crippen LogP contribution in [0.1, 0.15) is 36.7 Å². The Bertz CT molecular complexity index is 800. The minimum atomic E-state index is -0.585. The Balaban J connectivity index is 2.06. The van der Waals surface area contributed by atoms with Gasteiger partial charge in [-0.3, -0.25) is 9.59 Å². The van der Waals surface area contributed by atoms with E-state index >= 15 is 0 Å².